The van der Waals surface area contributed by atoms with E-state index in [0.717, 1.165) is 0 Å². The van der Waals surface area contributed by atoms with E-state index in [1.807, 2.05) is 0 Å². The predicted octanol–water partition coefficient (Wildman–Crippen LogP) is 2.73. The largest absolute Gasteiger partial charge is 0.464 e. The highest BCUT2D eigenvalue weighted by atomic mass is 16.6. The first-order valence-corrected chi connectivity index (χ1v) is 7.06. The van der Waals surface area contributed by atoms with E-state index in [0.29, 0.717) is 11.1 Å². The van der Waals surface area contributed by atoms with Crippen LogP contribution >= 0.6 is 0 Å². The number of non-ortho nitro benzene ring substituents is 1. The minimum Gasteiger partial charge on any atom is -0.464 e. The Labute approximate surface area is 142 Å². The lowest BCUT2D eigenvalue weighted by atomic mass is 10.1. The quantitative estimate of drug-likeness (QED) is 0.467. The van der Waals surface area contributed by atoms with Crippen molar-refractivity contribution < 1.29 is 24.0 Å². The first-order chi connectivity index (χ1) is 11.9. The Bertz CT molecular complexity index is 808. The Morgan fingerprint density at radius 3 is 1.88 bits per heavy atom. The van der Waals surface area contributed by atoms with Gasteiger partial charge in [-0.3, -0.25) is 10.1 Å². The zero-order valence-electron chi connectivity index (χ0n) is 13.5. The normalized spacial score (nSPS) is 10.5. The van der Waals surface area contributed by atoms with Gasteiger partial charge in [-0.1, -0.05) is 12.2 Å². The molecule has 8 heteroatoms. The van der Waals surface area contributed by atoms with Crippen molar-refractivity contribution in [1.29, 1.82) is 0 Å². The Hall–Kier alpha value is -3.55. The second-order valence-electron chi connectivity index (χ2n) is 4.84. The number of rotatable bonds is 5. The van der Waals surface area contributed by atoms with Gasteiger partial charge in [-0.05, 0) is 35.4 Å². The standard InChI is InChI=1S/C17H14N2O6/c1-24-16(20)14-9-12(10-15(18-14)17(21)25-2)4-3-11-5-7-13(8-6-11)19(22)23/h3-10H,1-2H3/b4-3+. The topological polar surface area (TPSA) is 109 Å². The van der Waals surface area contributed by atoms with E-state index < -0.39 is 16.9 Å². The Morgan fingerprint density at radius 2 is 1.44 bits per heavy atom. The van der Waals surface area contributed by atoms with Crippen LogP contribution in [0.5, 0.6) is 0 Å². The first-order valence-electron chi connectivity index (χ1n) is 7.06. The average molecular weight is 342 g/mol. The molecule has 128 valence electrons. The first kappa shape index (κ1) is 17.8. The van der Waals surface area contributed by atoms with Crippen LogP contribution in [-0.2, 0) is 9.47 Å². The number of aromatic nitrogens is 1. The molecule has 0 radical (unpaired) electrons. The molecule has 2 aromatic rings. The van der Waals surface area contributed by atoms with Gasteiger partial charge in [0.15, 0.2) is 0 Å². The third kappa shape index (κ3) is 4.47. The van der Waals surface area contributed by atoms with E-state index in [9.17, 15) is 19.7 Å². The molecule has 0 amide bonds. The number of nitrogens with zero attached hydrogens (tertiary/aromatic N) is 2. The highest BCUT2D eigenvalue weighted by Crippen LogP contribution is 2.16. The molecule has 2 rings (SSSR count). The van der Waals surface area contributed by atoms with Crippen molar-refractivity contribution in [3.8, 4) is 0 Å². The van der Waals surface area contributed by atoms with Crippen molar-refractivity contribution >= 4 is 29.8 Å². The molecule has 0 fully saturated rings. The van der Waals surface area contributed by atoms with Crippen molar-refractivity contribution in [2.24, 2.45) is 0 Å². The summed E-state index contributed by atoms with van der Waals surface area (Å²) in [5.41, 5.74) is 1.15. The van der Waals surface area contributed by atoms with Crippen LogP contribution in [0.3, 0.4) is 0 Å². The minimum atomic E-state index is -0.685. The molecule has 0 unspecified atom stereocenters. The maximum atomic E-state index is 11.7. The Morgan fingerprint density at radius 1 is 0.960 bits per heavy atom. The second-order valence-corrected chi connectivity index (χ2v) is 4.84. The van der Waals surface area contributed by atoms with Gasteiger partial charge in [0.25, 0.3) is 5.69 Å². The summed E-state index contributed by atoms with van der Waals surface area (Å²) in [4.78, 5) is 37.4. The molecule has 0 saturated heterocycles. The number of esters is 2. The number of hydrogen-bond donors (Lipinski definition) is 0. The van der Waals surface area contributed by atoms with Gasteiger partial charge in [0.05, 0.1) is 19.1 Å². The lowest BCUT2D eigenvalue weighted by Gasteiger charge is -2.04. The molecule has 0 spiro atoms. The van der Waals surface area contributed by atoms with Crippen molar-refractivity contribution in [1.82, 2.24) is 4.98 Å². The van der Waals surface area contributed by atoms with Gasteiger partial charge in [-0.25, -0.2) is 14.6 Å². The van der Waals surface area contributed by atoms with Gasteiger partial charge in [-0.2, -0.15) is 0 Å². The molecule has 0 saturated carbocycles. The number of methoxy groups -OCH3 is 2. The Balaban J connectivity index is 2.35. The van der Waals surface area contributed by atoms with E-state index in [4.69, 9.17) is 0 Å². The molecule has 0 aliphatic carbocycles. The third-order valence-electron chi connectivity index (χ3n) is 3.21. The molecule has 1 aromatic heterocycles. The maximum absolute atomic E-state index is 11.7. The van der Waals surface area contributed by atoms with E-state index in [2.05, 4.69) is 14.5 Å². The summed E-state index contributed by atoms with van der Waals surface area (Å²) in [7, 11) is 2.42. The lowest BCUT2D eigenvalue weighted by molar-refractivity contribution is -0.384. The summed E-state index contributed by atoms with van der Waals surface area (Å²) in [6.45, 7) is 0. The predicted molar refractivity (Wildman–Crippen MR) is 88.9 cm³/mol. The summed E-state index contributed by atoms with van der Waals surface area (Å²) in [6.07, 6.45) is 3.32. The zero-order valence-corrected chi connectivity index (χ0v) is 13.5. The number of benzene rings is 1. The highest BCUT2D eigenvalue weighted by molar-refractivity contribution is 5.93. The van der Waals surface area contributed by atoms with Gasteiger partial charge in [-0.15, -0.1) is 0 Å². The molecule has 0 atom stereocenters. The molecule has 25 heavy (non-hydrogen) atoms. The maximum Gasteiger partial charge on any atom is 0.356 e. The SMILES string of the molecule is COC(=O)c1cc(/C=C/c2ccc([N+](=O)[O-])cc2)cc(C(=O)OC)n1. The lowest BCUT2D eigenvalue weighted by Crippen LogP contribution is -2.11. The summed E-state index contributed by atoms with van der Waals surface area (Å²) < 4.78 is 9.23. The minimum absolute atomic E-state index is 0.0120. The van der Waals surface area contributed by atoms with Crippen LogP contribution in [0, 0.1) is 10.1 Å². The van der Waals surface area contributed by atoms with Crippen molar-refractivity contribution in [2.75, 3.05) is 14.2 Å². The van der Waals surface area contributed by atoms with Crippen LogP contribution in [0.1, 0.15) is 32.1 Å². The average Bonchev–Trinajstić information content (AvgIpc) is 2.65. The van der Waals surface area contributed by atoms with Crippen LogP contribution in [0.2, 0.25) is 0 Å². The fraction of sp³-hybridized carbons (Fsp3) is 0.118. The second kappa shape index (κ2) is 7.82. The molecule has 1 heterocycles. The summed E-state index contributed by atoms with van der Waals surface area (Å²) in [6, 6.07) is 8.84. The van der Waals surface area contributed by atoms with Crippen molar-refractivity contribution in [2.45, 2.75) is 0 Å². The Kier molecular flexibility index (Phi) is 5.57. The van der Waals surface area contributed by atoms with Crippen LogP contribution in [0.4, 0.5) is 5.69 Å². The number of ether oxygens (including phenoxy) is 2. The zero-order chi connectivity index (χ0) is 18.4. The number of nitro groups is 1. The molecule has 0 aliphatic rings. The number of carbonyl (C=O) groups excluding carboxylic acids is 2. The van der Waals surface area contributed by atoms with Crippen LogP contribution < -0.4 is 0 Å². The molecule has 0 N–H and O–H groups in total. The molecular formula is C17H14N2O6. The molecule has 8 nitrogen and oxygen atoms in total. The van der Waals surface area contributed by atoms with E-state index in [1.54, 1.807) is 24.3 Å². The fourth-order valence-electron chi connectivity index (χ4n) is 1.97. The number of hydrogen-bond acceptors (Lipinski definition) is 7. The van der Waals surface area contributed by atoms with Gasteiger partial charge >= 0.3 is 11.9 Å². The fourth-order valence-corrected chi connectivity index (χ4v) is 1.97. The van der Waals surface area contributed by atoms with E-state index in [-0.39, 0.29) is 17.1 Å². The van der Waals surface area contributed by atoms with E-state index in [1.165, 1.54) is 38.5 Å². The van der Waals surface area contributed by atoms with Gasteiger partial charge in [0.2, 0.25) is 0 Å². The highest BCUT2D eigenvalue weighted by Gasteiger charge is 2.14. The molecule has 0 bridgehead atoms. The van der Waals surface area contributed by atoms with E-state index >= 15 is 0 Å². The summed E-state index contributed by atoms with van der Waals surface area (Å²) in [5.74, 6) is -1.37. The number of pyridine rings is 1. The number of carbonyl (C=O) groups is 2. The van der Waals surface area contributed by atoms with Gasteiger partial charge < -0.3 is 9.47 Å². The van der Waals surface area contributed by atoms with Gasteiger partial charge in [0.1, 0.15) is 11.4 Å². The van der Waals surface area contributed by atoms with Crippen LogP contribution in [0.15, 0.2) is 36.4 Å². The molecule has 1 aromatic carbocycles. The van der Waals surface area contributed by atoms with Gasteiger partial charge in [0, 0.05) is 12.1 Å². The number of nitro benzene ring substituents is 1. The van der Waals surface area contributed by atoms with Crippen LogP contribution in [0.25, 0.3) is 12.2 Å². The van der Waals surface area contributed by atoms with Crippen molar-refractivity contribution in [3.05, 3.63) is 69.0 Å². The smallest absolute Gasteiger partial charge is 0.356 e. The molecule has 0 aliphatic heterocycles. The summed E-state index contributed by atoms with van der Waals surface area (Å²) in [5, 5.41) is 10.6. The van der Waals surface area contributed by atoms with Crippen molar-refractivity contribution in [3.63, 3.8) is 0 Å². The van der Waals surface area contributed by atoms with Crippen LogP contribution in [-0.4, -0.2) is 36.1 Å². The third-order valence-corrected chi connectivity index (χ3v) is 3.21. The summed E-state index contributed by atoms with van der Waals surface area (Å²) >= 11 is 0. The monoisotopic (exact) mass is 342 g/mol. The molecular weight excluding hydrogens is 328 g/mol.